The third-order valence-electron chi connectivity index (χ3n) is 7.87. The van der Waals surface area contributed by atoms with Crippen LogP contribution in [0.5, 0.6) is 0 Å². The van der Waals surface area contributed by atoms with Crippen molar-refractivity contribution in [1.29, 1.82) is 0 Å². The van der Waals surface area contributed by atoms with Crippen LogP contribution < -0.4 is 9.62 Å². The highest BCUT2D eigenvalue weighted by molar-refractivity contribution is 7.92. The second kappa shape index (κ2) is 11.2. The number of sulfonamides is 1. The van der Waals surface area contributed by atoms with Gasteiger partial charge in [0, 0.05) is 25.5 Å². The molecule has 2 heterocycles. The molecule has 3 N–H and O–H groups in total. The molecular formula is C27H28F7N3O6S. The van der Waals surface area contributed by atoms with E-state index in [1.807, 2.05) is 0 Å². The maximum absolute atomic E-state index is 13.8. The third-order valence-corrected chi connectivity index (χ3v) is 9.75. The van der Waals surface area contributed by atoms with Crippen molar-refractivity contribution in [3.8, 4) is 0 Å². The van der Waals surface area contributed by atoms with Crippen LogP contribution in [0, 0.1) is 5.82 Å². The van der Waals surface area contributed by atoms with Crippen LogP contribution in [0.2, 0.25) is 0 Å². The van der Waals surface area contributed by atoms with Crippen molar-refractivity contribution < 1.29 is 59.0 Å². The van der Waals surface area contributed by atoms with Crippen LogP contribution in [0.3, 0.4) is 0 Å². The molecule has 2 aromatic carbocycles. The molecule has 0 radical (unpaired) electrons. The quantitative estimate of drug-likeness (QED) is 0.411. The summed E-state index contributed by atoms with van der Waals surface area (Å²) in [6, 6.07) is 2.74. The maximum atomic E-state index is 13.8. The SMILES string of the molecule is CC(=O)N1C[C@@H](NC(=O)CC2CCc3cc(C(O)(C(F)(F)F)C(F)(F)F)ccc3N2S(=O)(=O)c2ccc(F)cc2)[C@](C)(O)C1. The predicted octanol–water partition coefficient (Wildman–Crippen LogP) is 3.14. The third kappa shape index (κ3) is 5.96. The highest BCUT2D eigenvalue weighted by atomic mass is 32.2. The standard InChI is InChI=1S/C27H28F7N3O6S/c1-15(38)36-13-22(24(2,40)14-36)35-23(39)12-19-7-3-16-11-17(25(41,26(29,30)31)27(32,33)34)4-10-21(16)37(19)44(42,43)20-8-5-18(28)6-9-20/h4-6,8-11,19,22,40-41H,3,7,12-14H2,1-2H3,(H,35,39)/t19?,22-,24-/m1/s1. The Balaban J connectivity index is 1.74. The first kappa shape index (κ1) is 33.5. The van der Waals surface area contributed by atoms with E-state index < -0.39 is 74.3 Å². The lowest BCUT2D eigenvalue weighted by molar-refractivity contribution is -0.376. The second-order valence-corrected chi connectivity index (χ2v) is 12.9. The van der Waals surface area contributed by atoms with Gasteiger partial charge in [-0.2, -0.15) is 26.3 Å². The topological polar surface area (TPSA) is 127 Å². The molecule has 1 fully saturated rings. The zero-order valence-electron chi connectivity index (χ0n) is 23.2. The van der Waals surface area contributed by atoms with Gasteiger partial charge in [0.05, 0.1) is 29.2 Å². The number of rotatable bonds is 6. The summed E-state index contributed by atoms with van der Waals surface area (Å²) in [4.78, 5) is 25.7. The van der Waals surface area contributed by atoms with Gasteiger partial charge in [-0.15, -0.1) is 0 Å². The Morgan fingerprint density at radius 1 is 1.05 bits per heavy atom. The highest BCUT2D eigenvalue weighted by Crippen LogP contribution is 2.51. The van der Waals surface area contributed by atoms with Gasteiger partial charge in [0.1, 0.15) is 11.4 Å². The van der Waals surface area contributed by atoms with E-state index in [0.29, 0.717) is 22.5 Å². The number of nitrogens with one attached hydrogen (secondary N) is 1. The number of carbonyl (C=O) groups is 2. The van der Waals surface area contributed by atoms with Gasteiger partial charge >= 0.3 is 12.4 Å². The molecule has 0 saturated carbocycles. The lowest BCUT2D eigenvalue weighted by Gasteiger charge is -2.39. The fraction of sp³-hybridized carbons (Fsp3) is 0.481. The number of amides is 2. The molecule has 0 aromatic heterocycles. The molecule has 0 bridgehead atoms. The van der Waals surface area contributed by atoms with Gasteiger partial charge in [0.2, 0.25) is 11.8 Å². The molecule has 2 amide bonds. The van der Waals surface area contributed by atoms with E-state index in [0.717, 1.165) is 24.3 Å². The number of hydrogen-bond donors (Lipinski definition) is 3. The minimum Gasteiger partial charge on any atom is -0.386 e. The largest absolute Gasteiger partial charge is 0.430 e. The summed E-state index contributed by atoms with van der Waals surface area (Å²) in [6.07, 6.45) is -13.4. The van der Waals surface area contributed by atoms with Crippen molar-refractivity contribution in [2.24, 2.45) is 0 Å². The molecule has 4 rings (SSSR count). The minimum atomic E-state index is -6.17. The summed E-state index contributed by atoms with van der Waals surface area (Å²) in [5.74, 6) is -1.90. The van der Waals surface area contributed by atoms with Gasteiger partial charge < -0.3 is 20.4 Å². The summed E-state index contributed by atoms with van der Waals surface area (Å²) >= 11 is 0. The van der Waals surface area contributed by atoms with Crippen LogP contribution in [0.1, 0.15) is 37.8 Å². The monoisotopic (exact) mass is 655 g/mol. The number of aryl methyl sites for hydroxylation is 1. The molecule has 0 spiro atoms. The molecule has 1 saturated heterocycles. The minimum absolute atomic E-state index is 0.0384. The zero-order chi connectivity index (χ0) is 33.0. The van der Waals surface area contributed by atoms with Crippen molar-refractivity contribution in [2.75, 3.05) is 17.4 Å². The Morgan fingerprint density at radius 2 is 1.64 bits per heavy atom. The van der Waals surface area contributed by atoms with E-state index in [9.17, 15) is 59.0 Å². The summed E-state index contributed by atoms with van der Waals surface area (Å²) in [5.41, 5.74) is -8.98. The Labute approximate surface area is 247 Å². The second-order valence-electron chi connectivity index (χ2n) is 11.1. The maximum Gasteiger partial charge on any atom is 0.430 e. The summed E-state index contributed by atoms with van der Waals surface area (Å²) < 4.78 is 123. The van der Waals surface area contributed by atoms with Gasteiger partial charge in [-0.25, -0.2) is 12.8 Å². The summed E-state index contributed by atoms with van der Waals surface area (Å²) in [5, 5.41) is 23.1. The molecule has 17 heteroatoms. The van der Waals surface area contributed by atoms with Gasteiger partial charge in [-0.3, -0.25) is 13.9 Å². The number of anilines is 1. The van der Waals surface area contributed by atoms with Crippen molar-refractivity contribution in [3.63, 3.8) is 0 Å². The van der Waals surface area contributed by atoms with E-state index in [2.05, 4.69) is 5.32 Å². The Morgan fingerprint density at radius 3 is 2.16 bits per heavy atom. The Kier molecular flexibility index (Phi) is 8.49. The summed E-state index contributed by atoms with van der Waals surface area (Å²) in [6.45, 7) is 2.54. The number of nitrogens with zero attached hydrogens (tertiary/aromatic N) is 2. The van der Waals surface area contributed by atoms with E-state index in [1.54, 1.807) is 0 Å². The van der Waals surface area contributed by atoms with Crippen LogP contribution in [0.15, 0.2) is 47.4 Å². The fourth-order valence-corrected chi connectivity index (χ4v) is 7.18. The molecular weight excluding hydrogens is 627 g/mol. The molecule has 0 aliphatic carbocycles. The van der Waals surface area contributed by atoms with Crippen molar-refractivity contribution in [2.45, 2.75) is 73.6 Å². The van der Waals surface area contributed by atoms with Crippen LogP contribution in [-0.2, 0) is 31.6 Å². The average Bonchev–Trinajstić information content (AvgIpc) is 3.20. The highest BCUT2D eigenvalue weighted by Gasteiger charge is 2.71. The van der Waals surface area contributed by atoms with E-state index >= 15 is 0 Å². The van der Waals surface area contributed by atoms with Crippen molar-refractivity contribution >= 4 is 27.5 Å². The molecule has 242 valence electrons. The van der Waals surface area contributed by atoms with Crippen molar-refractivity contribution in [1.82, 2.24) is 10.2 Å². The van der Waals surface area contributed by atoms with Crippen LogP contribution in [-0.4, -0.2) is 78.5 Å². The molecule has 9 nitrogen and oxygen atoms in total. The zero-order valence-corrected chi connectivity index (χ0v) is 24.0. The first-order valence-electron chi connectivity index (χ1n) is 13.2. The number of hydrogen-bond acceptors (Lipinski definition) is 6. The van der Waals surface area contributed by atoms with Gasteiger partial charge in [-0.1, -0.05) is 12.1 Å². The number of likely N-dealkylation sites (tertiary alicyclic amines) is 1. The normalized spacial score (nSPS) is 23.0. The van der Waals surface area contributed by atoms with Crippen LogP contribution in [0.4, 0.5) is 36.4 Å². The first-order chi connectivity index (χ1) is 20.1. The van der Waals surface area contributed by atoms with E-state index in [1.165, 1.54) is 18.7 Å². The lowest BCUT2D eigenvalue weighted by Crippen LogP contribution is -2.54. The number of halogens is 7. The fourth-order valence-electron chi connectivity index (χ4n) is 5.47. The predicted molar refractivity (Wildman–Crippen MR) is 140 cm³/mol. The number of benzene rings is 2. The van der Waals surface area contributed by atoms with Crippen LogP contribution in [0.25, 0.3) is 0 Å². The first-order valence-corrected chi connectivity index (χ1v) is 14.6. The van der Waals surface area contributed by atoms with E-state index in [-0.39, 0.29) is 43.1 Å². The van der Waals surface area contributed by atoms with Crippen LogP contribution >= 0.6 is 0 Å². The molecule has 2 aliphatic heterocycles. The number of alkyl halides is 6. The van der Waals surface area contributed by atoms with Gasteiger partial charge in [0.15, 0.2) is 0 Å². The lowest BCUT2D eigenvalue weighted by atomic mass is 9.87. The molecule has 1 unspecified atom stereocenters. The molecule has 2 aromatic rings. The smallest absolute Gasteiger partial charge is 0.386 e. The average molecular weight is 656 g/mol. The van der Waals surface area contributed by atoms with Crippen molar-refractivity contribution in [3.05, 3.63) is 59.4 Å². The Hall–Kier alpha value is -3.44. The number of fused-ring (bicyclic) bond motifs is 1. The number of β-amino-alcohol motifs (C(OH)–C–C–N with tert-alkyl or cyclic N) is 1. The Bertz CT molecular complexity index is 1530. The van der Waals surface area contributed by atoms with E-state index in [4.69, 9.17) is 0 Å². The number of aliphatic hydroxyl groups is 2. The molecule has 2 aliphatic rings. The number of carbonyl (C=O) groups excluding carboxylic acids is 2. The van der Waals surface area contributed by atoms with Gasteiger partial charge in [-0.05, 0) is 55.7 Å². The molecule has 3 atom stereocenters. The van der Waals surface area contributed by atoms with Gasteiger partial charge in [0.25, 0.3) is 15.6 Å². The molecule has 44 heavy (non-hydrogen) atoms. The summed E-state index contributed by atoms with van der Waals surface area (Å²) in [7, 11) is -4.68.